The first-order valence-corrected chi connectivity index (χ1v) is 6.34. The smallest absolute Gasteiger partial charge is 0.376 e. The van der Waals surface area contributed by atoms with Crippen LogP contribution in [-0.4, -0.2) is 22.5 Å². The van der Waals surface area contributed by atoms with E-state index in [1.165, 1.54) is 6.07 Å². The van der Waals surface area contributed by atoms with E-state index in [4.69, 9.17) is 9.15 Å². The van der Waals surface area contributed by atoms with E-state index in [0.717, 1.165) is 0 Å². The van der Waals surface area contributed by atoms with Gasteiger partial charge in [-0.25, -0.2) is 9.78 Å². The van der Waals surface area contributed by atoms with E-state index in [9.17, 15) is 14.9 Å². The highest BCUT2D eigenvalue weighted by atomic mass is 16.6. The number of nitro groups is 1. The van der Waals surface area contributed by atoms with Crippen LogP contribution in [-0.2, 0) is 4.74 Å². The van der Waals surface area contributed by atoms with Crippen LogP contribution >= 0.6 is 0 Å². The van der Waals surface area contributed by atoms with E-state index in [-0.39, 0.29) is 23.9 Å². The SMILES string of the molecule is CCOC(=O)c1oc(-c2ccc(C)c([N+](=O)[O-])c2)nc1C. The van der Waals surface area contributed by atoms with Crippen LogP contribution < -0.4 is 0 Å². The van der Waals surface area contributed by atoms with Gasteiger partial charge in [-0.05, 0) is 26.8 Å². The third-order valence-corrected chi connectivity index (χ3v) is 2.91. The van der Waals surface area contributed by atoms with Crippen LogP contribution in [0.3, 0.4) is 0 Å². The maximum absolute atomic E-state index is 11.7. The summed E-state index contributed by atoms with van der Waals surface area (Å²) in [5.74, 6) is -0.441. The Morgan fingerprint density at radius 1 is 1.43 bits per heavy atom. The Kier molecular flexibility index (Phi) is 4.02. The fourth-order valence-electron chi connectivity index (χ4n) is 1.85. The Morgan fingerprint density at radius 3 is 2.76 bits per heavy atom. The number of ether oxygens (including phenoxy) is 1. The van der Waals surface area contributed by atoms with Crippen molar-refractivity contribution < 1.29 is 18.9 Å². The molecule has 0 saturated heterocycles. The molecule has 0 amide bonds. The van der Waals surface area contributed by atoms with Gasteiger partial charge in [-0.15, -0.1) is 0 Å². The Hall–Kier alpha value is -2.70. The Morgan fingerprint density at radius 2 is 2.14 bits per heavy atom. The normalized spacial score (nSPS) is 10.4. The Balaban J connectivity index is 2.44. The Labute approximate surface area is 120 Å². The molecule has 0 atom stereocenters. The molecule has 0 fully saturated rings. The molecule has 2 rings (SSSR count). The van der Waals surface area contributed by atoms with Gasteiger partial charge in [0, 0.05) is 17.2 Å². The summed E-state index contributed by atoms with van der Waals surface area (Å²) < 4.78 is 10.2. The highest BCUT2D eigenvalue weighted by Gasteiger charge is 2.21. The number of nitro benzene ring substituents is 1. The monoisotopic (exact) mass is 290 g/mol. The summed E-state index contributed by atoms with van der Waals surface area (Å²) in [7, 11) is 0. The maximum Gasteiger partial charge on any atom is 0.376 e. The highest BCUT2D eigenvalue weighted by molar-refractivity contribution is 5.88. The summed E-state index contributed by atoms with van der Waals surface area (Å²) in [5.41, 5.74) is 1.33. The van der Waals surface area contributed by atoms with E-state index in [1.807, 2.05) is 0 Å². The first-order valence-electron chi connectivity index (χ1n) is 6.34. The molecule has 0 spiro atoms. The van der Waals surface area contributed by atoms with E-state index in [2.05, 4.69) is 4.98 Å². The van der Waals surface area contributed by atoms with E-state index < -0.39 is 10.9 Å². The molecule has 1 aromatic heterocycles. The molecule has 0 unspecified atom stereocenters. The van der Waals surface area contributed by atoms with Gasteiger partial charge >= 0.3 is 5.97 Å². The van der Waals surface area contributed by atoms with Gasteiger partial charge in [0.1, 0.15) is 0 Å². The zero-order chi connectivity index (χ0) is 15.6. The van der Waals surface area contributed by atoms with Crippen LogP contribution in [0, 0.1) is 24.0 Å². The first-order chi connectivity index (χ1) is 9.93. The largest absolute Gasteiger partial charge is 0.460 e. The fourth-order valence-corrected chi connectivity index (χ4v) is 1.85. The van der Waals surface area contributed by atoms with Gasteiger partial charge in [0.2, 0.25) is 11.7 Å². The summed E-state index contributed by atoms with van der Waals surface area (Å²) in [6.45, 7) is 5.17. The lowest BCUT2D eigenvalue weighted by molar-refractivity contribution is -0.385. The molecule has 1 heterocycles. The minimum Gasteiger partial charge on any atom is -0.460 e. The second-order valence-corrected chi connectivity index (χ2v) is 4.41. The molecule has 110 valence electrons. The van der Waals surface area contributed by atoms with Gasteiger partial charge in [0.25, 0.3) is 5.69 Å². The number of hydrogen-bond acceptors (Lipinski definition) is 6. The summed E-state index contributed by atoms with van der Waals surface area (Å²) in [6.07, 6.45) is 0. The zero-order valence-electron chi connectivity index (χ0n) is 11.9. The van der Waals surface area contributed by atoms with Crippen LogP contribution in [0.4, 0.5) is 5.69 Å². The van der Waals surface area contributed by atoms with Crippen LogP contribution in [0.1, 0.15) is 28.7 Å². The summed E-state index contributed by atoms with van der Waals surface area (Å²) >= 11 is 0. The highest BCUT2D eigenvalue weighted by Crippen LogP contribution is 2.27. The molecule has 0 bridgehead atoms. The van der Waals surface area contributed by atoms with Gasteiger partial charge in [-0.1, -0.05) is 6.07 Å². The number of carbonyl (C=O) groups excluding carboxylic acids is 1. The molecule has 21 heavy (non-hydrogen) atoms. The van der Waals surface area contributed by atoms with Gasteiger partial charge in [-0.3, -0.25) is 10.1 Å². The number of oxazole rings is 1. The lowest BCUT2D eigenvalue weighted by atomic mass is 10.1. The summed E-state index contributed by atoms with van der Waals surface area (Å²) in [4.78, 5) is 26.3. The number of carbonyl (C=O) groups is 1. The van der Waals surface area contributed by atoms with Crippen molar-refractivity contribution in [1.82, 2.24) is 4.98 Å². The summed E-state index contributed by atoms with van der Waals surface area (Å²) in [5, 5.41) is 11.0. The molecule has 0 radical (unpaired) electrons. The van der Waals surface area contributed by atoms with Gasteiger partial charge in [0.15, 0.2) is 0 Å². The summed E-state index contributed by atoms with van der Waals surface area (Å²) in [6, 6.07) is 4.63. The van der Waals surface area contributed by atoms with Crippen molar-refractivity contribution >= 4 is 11.7 Å². The van der Waals surface area contributed by atoms with E-state index in [0.29, 0.717) is 16.8 Å². The number of benzene rings is 1. The molecule has 0 aliphatic rings. The molecule has 0 N–H and O–H groups in total. The lowest BCUT2D eigenvalue weighted by Crippen LogP contribution is -2.04. The van der Waals surface area contributed by atoms with Crippen molar-refractivity contribution in [2.24, 2.45) is 0 Å². The van der Waals surface area contributed by atoms with Crippen LogP contribution in [0.5, 0.6) is 0 Å². The third-order valence-electron chi connectivity index (χ3n) is 2.91. The molecular formula is C14H14N2O5. The van der Waals surface area contributed by atoms with Crippen molar-refractivity contribution in [3.63, 3.8) is 0 Å². The molecule has 0 saturated carbocycles. The number of esters is 1. The van der Waals surface area contributed by atoms with Crippen LogP contribution in [0.2, 0.25) is 0 Å². The topological polar surface area (TPSA) is 95.5 Å². The average molecular weight is 290 g/mol. The molecule has 0 aliphatic carbocycles. The third kappa shape index (κ3) is 2.91. The molecule has 1 aromatic carbocycles. The van der Waals surface area contributed by atoms with E-state index >= 15 is 0 Å². The minimum atomic E-state index is -0.602. The molecule has 0 aliphatic heterocycles. The van der Waals surface area contributed by atoms with Crippen molar-refractivity contribution in [2.75, 3.05) is 6.61 Å². The quantitative estimate of drug-likeness (QED) is 0.488. The predicted octanol–water partition coefficient (Wildman–Crippen LogP) is 3.04. The zero-order valence-corrected chi connectivity index (χ0v) is 11.9. The average Bonchev–Trinajstić information content (AvgIpc) is 2.81. The maximum atomic E-state index is 11.7. The van der Waals surface area contributed by atoms with Crippen molar-refractivity contribution in [1.29, 1.82) is 0 Å². The number of aromatic nitrogens is 1. The number of rotatable bonds is 4. The molecule has 7 heteroatoms. The standard InChI is InChI=1S/C14H14N2O5/c1-4-20-14(17)12-9(3)15-13(21-12)10-6-5-8(2)11(7-10)16(18)19/h5-7H,4H2,1-3H3. The van der Waals surface area contributed by atoms with Gasteiger partial charge in [0.05, 0.1) is 17.2 Å². The lowest BCUT2D eigenvalue weighted by Gasteiger charge is -2.00. The molecule has 2 aromatic rings. The minimum absolute atomic E-state index is 0.00933. The van der Waals surface area contributed by atoms with Crippen molar-refractivity contribution in [3.05, 3.63) is 45.3 Å². The van der Waals surface area contributed by atoms with Gasteiger partial charge in [-0.2, -0.15) is 0 Å². The molecule has 7 nitrogen and oxygen atoms in total. The fraction of sp³-hybridized carbons (Fsp3) is 0.286. The van der Waals surface area contributed by atoms with Gasteiger partial charge < -0.3 is 9.15 Å². The second-order valence-electron chi connectivity index (χ2n) is 4.41. The first kappa shape index (κ1) is 14.7. The second kappa shape index (κ2) is 5.74. The van der Waals surface area contributed by atoms with Crippen molar-refractivity contribution in [3.8, 4) is 11.5 Å². The van der Waals surface area contributed by atoms with Crippen LogP contribution in [0.25, 0.3) is 11.5 Å². The van der Waals surface area contributed by atoms with Crippen molar-refractivity contribution in [2.45, 2.75) is 20.8 Å². The molecular weight excluding hydrogens is 276 g/mol. The number of aryl methyl sites for hydroxylation is 2. The number of nitrogens with zero attached hydrogens (tertiary/aromatic N) is 2. The predicted molar refractivity (Wildman–Crippen MR) is 74.0 cm³/mol. The van der Waals surface area contributed by atoms with E-state index in [1.54, 1.807) is 32.9 Å². The van der Waals surface area contributed by atoms with Crippen LogP contribution in [0.15, 0.2) is 22.6 Å². The Bertz CT molecular complexity index is 705. The number of hydrogen-bond donors (Lipinski definition) is 0.